The van der Waals surface area contributed by atoms with E-state index in [0.29, 0.717) is 11.7 Å². The first-order valence-corrected chi connectivity index (χ1v) is 4.64. The molecule has 2 unspecified atom stereocenters. The fraction of sp³-hybridized carbons (Fsp3) is 0.667. The zero-order chi connectivity index (χ0) is 9.97. The highest BCUT2D eigenvalue weighted by atomic mass is 16.5. The SMILES string of the molecule is CC1CCC(c2noc(CC#N)n2)O1. The first-order valence-electron chi connectivity index (χ1n) is 4.64. The minimum atomic E-state index is -0.0545. The van der Waals surface area contributed by atoms with Crippen molar-refractivity contribution < 1.29 is 9.26 Å². The Morgan fingerprint density at radius 2 is 2.43 bits per heavy atom. The second-order valence-corrected chi connectivity index (χ2v) is 3.39. The van der Waals surface area contributed by atoms with Gasteiger partial charge in [0.2, 0.25) is 11.7 Å². The topological polar surface area (TPSA) is 71.9 Å². The van der Waals surface area contributed by atoms with Crippen molar-refractivity contribution in [2.24, 2.45) is 0 Å². The number of hydrogen-bond acceptors (Lipinski definition) is 5. The van der Waals surface area contributed by atoms with Crippen LogP contribution in [0.15, 0.2) is 4.52 Å². The van der Waals surface area contributed by atoms with E-state index in [4.69, 9.17) is 14.5 Å². The summed E-state index contributed by atoms with van der Waals surface area (Å²) in [7, 11) is 0. The molecule has 1 aliphatic heterocycles. The Morgan fingerprint density at radius 1 is 1.57 bits per heavy atom. The molecular weight excluding hydrogens is 182 g/mol. The first-order chi connectivity index (χ1) is 6.79. The van der Waals surface area contributed by atoms with Crippen LogP contribution < -0.4 is 0 Å². The monoisotopic (exact) mass is 193 g/mol. The van der Waals surface area contributed by atoms with Crippen molar-refractivity contribution in [3.8, 4) is 6.07 Å². The Labute approximate surface area is 81.7 Å². The molecule has 0 N–H and O–H groups in total. The summed E-state index contributed by atoms with van der Waals surface area (Å²) in [5.74, 6) is 0.935. The normalized spacial score (nSPS) is 26.3. The van der Waals surface area contributed by atoms with Gasteiger partial charge in [0.25, 0.3) is 0 Å². The molecule has 1 fully saturated rings. The largest absolute Gasteiger partial charge is 0.367 e. The summed E-state index contributed by atoms with van der Waals surface area (Å²) in [5, 5.41) is 12.2. The molecule has 1 saturated heterocycles. The van der Waals surface area contributed by atoms with Gasteiger partial charge in [0, 0.05) is 0 Å². The summed E-state index contributed by atoms with van der Waals surface area (Å²) < 4.78 is 10.5. The highest BCUT2D eigenvalue weighted by Gasteiger charge is 2.27. The smallest absolute Gasteiger partial charge is 0.240 e. The predicted molar refractivity (Wildman–Crippen MR) is 46.1 cm³/mol. The van der Waals surface area contributed by atoms with Crippen LogP contribution in [-0.2, 0) is 11.2 Å². The molecular formula is C9H11N3O2. The molecule has 1 aliphatic rings. The third-order valence-electron chi connectivity index (χ3n) is 2.23. The Hall–Kier alpha value is -1.41. The summed E-state index contributed by atoms with van der Waals surface area (Å²) in [5.41, 5.74) is 0. The van der Waals surface area contributed by atoms with E-state index in [-0.39, 0.29) is 18.6 Å². The van der Waals surface area contributed by atoms with Crippen molar-refractivity contribution in [3.63, 3.8) is 0 Å². The number of nitriles is 1. The Kier molecular flexibility index (Phi) is 2.46. The van der Waals surface area contributed by atoms with Crippen LogP contribution in [0.2, 0.25) is 0 Å². The van der Waals surface area contributed by atoms with Crippen molar-refractivity contribution >= 4 is 0 Å². The molecule has 0 amide bonds. The summed E-state index contributed by atoms with van der Waals surface area (Å²) >= 11 is 0. The molecule has 2 rings (SSSR count). The molecule has 0 bridgehead atoms. The molecule has 0 aromatic carbocycles. The highest BCUT2D eigenvalue weighted by molar-refractivity contribution is 4.97. The standard InChI is InChI=1S/C9H11N3O2/c1-6-2-3-7(13-6)9-11-8(4-5-10)14-12-9/h6-7H,2-4H2,1H3. The van der Waals surface area contributed by atoms with Crippen LogP contribution in [0.1, 0.15) is 37.6 Å². The van der Waals surface area contributed by atoms with Crippen LogP contribution in [0.25, 0.3) is 0 Å². The fourth-order valence-electron chi connectivity index (χ4n) is 1.53. The Balaban J connectivity index is 2.06. The van der Waals surface area contributed by atoms with Gasteiger partial charge in [-0.2, -0.15) is 10.2 Å². The Bertz CT molecular complexity index is 355. The third-order valence-corrected chi connectivity index (χ3v) is 2.23. The number of ether oxygens (including phenoxy) is 1. The molecule has 0 radical (unpaired) electrons. The van der Waals surface area contributed by atoms with E-state index in [9.17, 15) is 0 Å². The van der Waals surface area contributed by atoms with Gasteiger partial charge >= 0.3 is 0 Å². The van der Waals surface area contributed by atoms with E-state index >= 15 is 0 Å². The second kappa shape index (κ2) is 3.76. The van der Waals surface area contributed by atoms with Crippen LogP contribution in [0, 0.1) is 11.3 Å². The van der Waals surface area contributed by atoms with Crippen LogP contribution in [-0.4, -0.2) is 16.2 Å². The second-order valence-electron chi connectivity index (χ2n) is 3.39. The molecule has 0 spiro atoms. The van der Waals surface area contributed by atoms with Crippen LogP contribution in [0.5, 0.6) is 0 Å². The predicted octanol–water partition coefficient (Wildman–Crippen LogP) is 1.38. The van der Waals surface area contributed by atoms with Gasteiger partial charge in [-0.15, -0.1) is 0 Å². The van der Waals surface area contributed by atoms with Gasteiger partial charge in [0.05, 0.1) is 12.2 Å². The molecule has 5 heteroatoms. The lowest BCUT2D eigenvalue weighted by Crippen LogP contribution is -2.02. The van der Waals surface area contributed by atoms with Crippen molar-refractivity contribution in [3.05, 3.63) is 11.7 Å². The highest BCUT2D eigenvalue weighted by Crippen LogP contribution is 2.30. The minimum Gasteiger partial charge on any atom is -0.367 e. The van der Waals surface area contributed by atoms with E-state index in [2.05, 4.69) is 10.1 Å². The van der Waals surface area contributed by atoms with Crippen molar-refractivity contribution in [2.45, 2.75) is 38.4 Å². The first kappa shape index (κ1) is 9.16. The van der Waals surface area contributed by atoms with Gasteiger partial charge in [0.1, 0.15) is 12.5 Å². The minimum absolute atomic E-state index is 0.0545. The summed E-state index contributed by atoms with van der Waals surface area (Å²) in [4.78, 5) is 4.09. The third kappa shape index (κ3) is 1.75. The molecule has 5 nitrogen and oxygen atoms in total. The van der Waals surface area contributed by atoms with Gasteiger partial charge in [-0.05, 0) is 19.8 Å². The van der Waals surface area contributed by atoms with Crippen molar-refractivity contribution in [2.75, 3.05) is 0 Å². The quantitative estimate of drug-likeness (QED) is 0.709. The molecule has 2 atom stereocenters. The van der Waals surface area contributed by atoms with Crippen LogP contribution in [0.4, 0.5) is 0 Å². The van der Waals surface area contributed by atoms with E-state index in [1.807, 2.05) is 13.0 Å². The van der Waals surface area contributed by atoms with E-state index < -0.39 is 0 Å². The van der Waals surface area contributed by atoms with Crippen molar-refractivity contribution in [1.29, 1.82) is 5.26 Å². The maximum absolute atomic E-state index is 8.43. The van der Waals surface area contributed by atoms with E-state index in [1.54, 1.807) is 0 Å². The van der Waals surface area contributed by atoms with Gasteiger partial charge < -0.3 is 9.26 Å². The zero-order valence-corrected chi connectivity index (χ0v) is 7.93. The zero-order valence-electron chi connectivity index (χ0n) is 7.93. The summed E-state index contributed by atoms with van der Waals surface area (Å²) in [6.45, 7) is 2.02. The lowest BCUT2D eigenvalue weighted by molar-refractivity contribution is 0.0489. The molecule has 1 aromatic heterocycles. The number of aromatic nitrogens is 2. The van der Waals surface area contributed by atoms with Crippen molar-refractivity contribution in [1.82, 2.24) is 10.1 Å². The maximum atomic E-state index is 8.43. The molecule has 0 saturated carbocycles. The molecule has 14 heavy (non-hydrogen) atoms. The number of hydrogen-bond donors (Lipinski definition) is 0. The molecule has 0 aliphatic carbocycles. The number of rotatable bonds is 2. The number of nitrogens with zero attached hydrogens (tertiary/aromatic N) is 3. The van der Waals surface area contributed by atoms with Crippen LogP contribution in [0.3, 0.4) is 0 Å². The molecule has 2 heterocycles. The van der Waals surface area contributed by atoms with Gasteiger partial charge in [-0.25, -0.2) is 0 Å². The summed E-state index contributed by atoms with van der Waals surface area (Å²) in [6, 6.07) is 1.96. The average molecular weight is 193 g/mol. The van der Waals surface area contributed by atoms with Gasteiger partial charge in [-0.3, -0.25) is 0 Å². The van der Waals surface area contributed by atoms with Gasteiger partial charge in [0.15, 0.2) is 0 Å². The van der Waals surface area contributed by atoms with E-state index in [1.165, 1.54) is 0 Å². The van der Waals surface area contributed by atoms with E-state index in [0.717, 1.165) is 12.8 Å². The molecule has 1 aromatic rings. The maximum Gasteiger partial charge on any atom is 0.240 e. The molecule has 74 valence electrons. The van der Waals surface area contributed by atoms with Crippen LogP contribution >= 0.6 is 0 Å². The average Bonchev–Trinajstić information content (AvgIpc) is 2.74. The van der Waals surface area contributed by atoms with Gasteiger partial charge in [-0.1, -0.05) is 5.16 Å². The lowest BCUT2D eigenvalue weighted by Gasteiger charge is -2.04. The lowest BCUT2D eigenvalue weighted by atomic mass is 10.2. The Morgan fingerprint density at radius 3 is 3.07 bits per heavy atom. The summed E-state index contributed by atoms with van der Waals surface area (Å²) in [6.07, 6.45) is 2.31. The fourth-order valence-corrected chi connectivity index (χ4v) is 1.53.